The van der Waals surface area contributed by atoms with E-state index in [1.165, 1.54) is 19.1 Å². The largest absolute Gasteiger partial charge is 0.478 e. The van der Waals surface area contributed by atoms with Crippen molar-refractivity contribution in [2.24, 2.45) is 0 Å². The van der Waals surface area contributed by atoms with E-state index in [-0.39, 0.29) is 17.2 Å². The third-order valence-corrected chi connectivity index (χ3v) is 2.35. The molecule has 0 heterocycles. The van der Waals surface area contributed by atoms with E-state index < -0.39 is 17.8 Å². The van der Waals surface area contributed by atoms with Gasteiger partial charge in [-0.15, -0.1) is 0 Å². The Hall–Kier alpha value is -2.11. The van der Waals surface area contributed by atoms with Crippen LogP contribution in [0, 0.1) is 5.82 Å². The minimum atomic E-state index is -1.25. The summed E-state index contributed by atoms with van der Waals surface area (Å²) in [5.41, 5.74) is -0.380. The Morgan fingerprint density at radius 3 is 2.67 bits per heavy atom. The van der Waals surface area contributed by atoms with E-state index in [4.69, 9.17) is 5.11 Å². The lowest BCUT2D eigenvalue weighted by Crippen LogP contribution is -2.37. The fraction of sp³-hybridized carbons (Fsp3) is 0.333. The second kappa shape index (κ2) is 6.00. The van der Waals surface area contributed by atoms with Crippen LogP contribution >= 0.6 is 0 Å². The van der Waals surface area contributed by atoms with Crippen molar-refractivity contribution in [1.29, 1.82) is 0 Å². The van der Waals surface area contributed by atoms with Gasteiger partial charge in [0.1, 0.15) is 11.9 Å². The summed E-state index contributed by atoms with van der Waals surface area (Å²) in [6, 6.07) is 3.00. The van der Waals surface area contributed by atoms with Gasteiger partial charge in [-0.3, -0.25) is 4.79 Å². The Morgan fingerprint density at radius 1 is 1.44 bits per heavy atom. The molecule has 1 unspecified atom stereocenters. The highest BCUT2D eigenvalue weighted by molar-refractivity contribution is 5.95. The van der Waals surface area contributed by atoms with Crippen molar-refractivity contribution >= 4 is 17.6 Å². The number of nitrogens with one attached hydrogen (secondary N) is 2. The smallest absolute Gasteiger partial charge is 0.337 e. The van der Waals surface area contributed by atoms with Gasteiger partial charge >= 0.3 is 5.97 Å². The van der Waals surface area contributed by atoms with E-state index >= 15 is 0 Å². The van der Waals surface area contributed by atoms with Crippen LogP contribution in [0.1, 0.15) is 24.2 Å². The Morgan fingerprint density at radius 2 is 2.11 bits per heavy atom. The Balaban J connectivity index is 2.96. The van der Waals surface area contributed by atoms with Gasteiger partial charge in [0.15, 0.2) is 0 Å². The van der Waals surface area contributed by atoms with E-state index in [2.05, 4.69) is 10.6 Å². The van der Waals surface area contributed by atoms with Crippen molar-refractivity contribution in [1.82, 2.24) is 5.32 Å². The molecule has 0 aromatic heterocycles. The summed E-state index contributed by atoms with van der Waals surface area (Å²) in [6.07, 6.45) is 0. The van der Waals surface area contributed by atoms with Crippen molar-refractivity contribution in [3.05, 3.63) is 29.6 Å². The molecule has 5 nitrogen and oxygen atoms in total. The zero-order valence-electron chi connectivity index (χ0n) is 10.2. The maximum atomic E-state index is 13.6. The van der Waals surface area contributed by atoms with Crippen molar-refractivity contribution in [3.63, 3.8) is 0 Å². The lowest BCUT2D eigenvalue weighted by atomic mass is 10.1. The normalized spacial score (nSPS) is 11.7. The molecule has 0 aliphatic rings. The van der Waals surface area contributed by atoms with Gasteiger partial charge in [-0.2, -0.15) is 0 Å². The molecule has 6 heteroatoms. The zero-order valence-corrected chi connectivity index (χ0v) is 10.2. The van der Waals surface area contributed by atoms with Gasteiger partial charge in [0.05, 0.1) is 11.3 Å². The topological polar surface area (TPSA) is 78.4 Å². The van der Waals surface area contributed by atoms with Crippen LogP contribution in [-0.4, -0.2) is 29.6 Å². The maximum absolute atomic E-state index is 13.6. The summed E-state index contributed by atoms with van der Waals surface area (Å²) in [5.74, 6) is -2.27. The molecule has 0 saturated heterocycles. The standard InChI is InChI=1S/C12H15FN2O3/c1-3-14-11(16)7(2)15-10-8(12(17)18)5-4-6-9(10)13/h4-7,15H,3H2,1-2H3,(H,14,16)(H,17,18). The number of amides is 1. The summed E-state index contributed by atoms with van der Waals surface area (Å²) in [4.78, 5) is 22.4. The predicted molar refractivity (Wildman–Crippen MR) is 65.1 cm³/mol. The summed E-state index contributed by atoms with van der Waals surface area (Å²) in [5, 5.41) is 14.1. The highest BCUT2D eigenvalue weighted by Crippen LogP contribution is 2.20. The number of anilines is 1. The van der Waals surface area contributed by atoms with Crippen molar-refractivity contribution in [2.45, 2.75) is 19.9 Å². The Labute approximate surface area is 104 Å². The highest BCUT2D eigenvalue weighted by atomic mass is 19.1. The third kappa shape index (κ3) is 3.19. The monoisotopic (exact) mass is 254 g/mol. The van der Waals surface area contributed by atoms with Gasteiger partial charge < -0.3 is 15.7 Å². The molecular formula is C12H15FN2O3. The fourth-order valence-corrected chi connectivity index (χ4v) is 1.46. The second-order valence-corrected chi connectivity index (χ2v) is 3.73. The van der Waals surface area contributed by atoms with Gasteiger partial charge in [-0.1, -0.05) is 6.07 Å². The molecule has 1 aromatic carbocycles. The summed E-state index contributed by atoms with van der Waals surface area (Å²) >= 11 is 0. The number of likely N-dealkylation sites (N-methyl/N-ethyl adjacent to an activating group) is 1. The molecule has 0 radical (unpaired) electrons. The minimum Gasteiger partial charge on any atom is -0.478 e. The van der Waals surface area contributed by atoms with E-state index in [9.17, 15) is 14.0 Å². The van der Waals surface area contributed by atoms with Crippen LogP contribution < -0.4 is 10.6 Å². The van der Waals surface area contributed by atoms with E-state index in [0.717, 1.165) is 6.07 Å². The molecule has 3 N–H and O–H groups in total. The highest BCUT2D eigenvalue weighted by Gasteiger charge is 2.19. The van der Waals surface area contributed by atoms with E-state index in [1.54, 1.807) is 6.92 Å². The molecular weight excluding hydrogens is 239 g/mol. The van der Waals surface area contributed by atoms with Crippen LogP contribution in [0.25, 0.3) is 0 Å². The Kier molecular flexibility index (Phi) is 4.65. The zero-order chi connectivity index (χ0) is 13.7. The number of aromatic carboxylic acids is 1. The van der Waals surface area contributed by atoms with Crippen molar-refractivity contribution in [3.8, 4) is 0 Å². The molecule has 0 fully saturated rings. The predicted octanol–water partition coefficient (Wildman–Crippen LogP) is 1.46. The van der Waals surface area contributed by atoms with E-state index in [1.807, 2.05) is 0 Å². The summed E-state index contributed by atoms with van der Waals surface area (Å²) in [7, 11) is 0. The van der Waals surface area contributed by atoms with Crippen molar-refractivity contribution in [2.75, 3.05) is 11.9 Å². The third-order valence-electron chi connectivity index (χ3n) is 2.35. The first-order valence-electron chi connectivity index (χ1n) is 5.53. The Bertz CT molecular complexity index is 463. The molecule has 1 rings (SSSR count). The molecule has 1 aromatic rings. The molecule has 0 bridgehead atoms. The van der Waals surface area contributed by atoms with Gasteiger partial charge in [0, 0.05) is 6.54 Å². The first kappa shape index (κ1) is 14.0. The first-order valence-corrected chi connectivity index (χ1v) is 5.53. The number of hydrogen-bond donors (Lipinski definition) is 3. The molecule has 1 amide bonds. The SMILES string of the molecule is CCNC(=O)C(C)Nc1c(F)cccc1C(=O)O. The number of carboxylic acid groups (broad SMARTS) is 1. The fourth-order valence-electron chi connectivity index (χ4n) is 1.46. The van der Waals surface area contributed by atoms with Gasteiger partial charge in [0.25, 0.3) is 0 Å². The van der Waals surface area contributed by atoms with Crippen LogP contribution in [0.15, 0.2) is 18.2 Å². The molecule has 98 valence electrons. The number of benzene rings is 1. The number of halogens is 1. The number of para-hydroxylation sites is 1. The van der Waals surface area contributed by atoms with Crippen molar-refractivity contribution < 1.29 is 19.1 Å². The number of carboxylic acids is 1. The number of rotatable bonds is 5. The quantitative estimate of drug-likeness (QED) is 0.743. The van der Waals surface area contributed by atoms with E-state index in [0.29, 0.717) is 6.54 Å². The number of hydrogen-bond acceptors (Lipinski definition) is 3. The first-order chi connectivity index (χ1) is 8.47. The number of carbonyl (C=O) groups excluding carboxylic acids is 1. The molecule has 0 spiro atoms. The van der Waals surface area contributed by atoms with Gasteiger partial charge in [-0.25, -0.2) is 9.18 Å². The molecule has 0 aliphatic heterocycles. The average Bonchev–Trinajstić information content (AvgIpc) is 2.31. The van der Waals surface area contributed by atoms with Crippen LogP contribution in [0.2, 0.25) is 0 Å². The average molecular weight is 254 g/mol. The van der Waals surface area contributed by atoms with Gasteiger partial charge in [-0.05, 0) is 26.0 Å². The lowest BCUT2D eigenvalue weighted by Gasteiger charge is -2.16. The van der Waals surface area contributed by atoms with Crippen LogP contribution in [0.4, 0.5) is 10.1 Å². The van der Waals surface area contributed by atoms with Crippen LogP contribution in [0.5, 0.6) is 0 Å². The molecule has 0 saturated carbocycles. The lowest BCUT2D eigenvalue weighted by molar-refractivity contribution is -0.121. The number of carbonyl (C=O) groups is 2. The molecule has 1 atom stereocenters. The van der Waals surface area contributed by atoms with Crippen LogP contribution in [-0.2, 0) is 4.79 Å². The van der Waals surface area contributed by atoms with Crippen LogP contribution in [0.3, 0.4) is 0 Å². The minimum absolute atomic E-state index is 0.177. The summed E-state index contributed by atoms with van der Waals surface area (Å²) in [6.45, 7) is 3.74. The van der Waals surface area contributed by atoms with Gasteiger partial charge in [0.2, 0.25) is 5.91 Å². The maximum Gasteiger partial charge on any atom is 0.337 e. The molecule has 0 aliphatic carbocycles. The molecule has 18 heavy (non-hydrogen) atoms. The second-order valence-electron chi connectivity index (χ2n) is 3.73. The summed E-state index contributed by atoms with van der Waals surface area (Å²) < 4.78 is 13.6.